The third-order valence-electron chi connectivity index (χ3n) is 7.11. The van der Waals surface area contributed by atoms with Gasteiger partial charge in [0.15, 0.2) is 5.79 Å². The Morgan fingerprint density at radius 3 is 2.74 bits per heavy atom. The number of benzene rings is 1. The van der Waals surface area contributed by atoms with Crippen molar-refractivity contribution >= 4 is 0 Å². The molecule has 1 aromatic carbocycles. The highest BCUT2D eigenvalue weighted by atomic mass is 16.7. The average molecular weight is 310 g/mol. The topological polar surface area (TPSA) is 18.5 Å². The zero-order valence-corrected chi connectivity index (χ0v) is 14.3. The molecule has 2 heteroatoms. The molecule has 1 heterocycles. The van der Waals surface area contributed by atoms with Gasteiger partial charge in [-0.2, -0.15) is 0 Å². The van der Waals surface area contributed by atoms with Gasteiger partial charge in [-0.05, 0) is 67.2 Å². The minimum atomic E-state index is -0.304. The van der Waals surface area contributed by atoms with E-state index in [1.807, 2.05) is 0 Å². The molecule has 5 rings (SSSR count). The summed E-state index contributed by atoms with van der Waals surface area (Å²) in [5, 5.41) is 0. The molecule has 1 saturated heterocycles. The highest BCUT2D eigenvalue weighted by Crippen LogP contribution is 2.63. The van der Waals surface area contributed by atoms with E-state index in [1.54, 1.807) is 22.3 Å². The summed E-state index contributed by atoms with van der Waals surface area (Å²) in [5.41, 5.74) is 8.11. The summed E-state index contributed by atoms with van der Waals surface area (Å²) in [5.74, 6) is 0.295. The summed E-state index contributed by atoms with van der Waals surface area (Å²) in [7, 11) is 0. The molecule has 2 atom stereocenters. The van der Waals surface area contributed by atoms with Crippen LogP contribution in [0.15, 0.2) is 23.8 Å². The van der Waals surface area contributed by atoms with E-state index in [4.69, 9.17) is 9.47 Å². The van der Waals surface area contributed by atoms with Crippen LogP contribution in [-0.4, -0.2) is 19.0 Å². The minimum absolute atomic E-state index is 0.144. The molecular formula is C21H26O2. The van der Waals surface area contributed by atoms with Crippen molar-refractivity contribution in [2.45, 2.75) is 64.1 Å². The van der Waals surface area contributed by atoms with Crippen molar-refractivity contribution in [1.29, 1.82) is 0 Å². The van der Waals surface area contributed by atoms with Crippen molar-refractivity contribution in [3.63, 3.8) is 0 Å². The maximum absolute atomic E-state index is 6.18. The fraction of sp³-hybridized carbons (Fsp3) is 0.619. The quantitative estimate of drug-likeness (QED) is 0.665. The van der Waals surface area contributed by atoms with Gasteiger partial charge in [0, 0.05) is 11.8 Å². The van der Waals surface area contributed by atoms with Crippen LogP contribution in [0.1, 0.15) is 61.3 Å². The van der Waals surface area contributed by atoms with Gasteiger partial charge in [0.2, 0.25) is 0 Å². The third-order valence-corrected chi connectivity index (χ3v) is 7.11. The van der Waals surface area contributed by atoms with Crippen molar-refractivity contribution in [1.82, 2.24) is 0 Å². The molecule has 0 aromatic heterocycles. The van der Waals surface area contributed by atoms with E-state index in [2.05, 4.69) is 32.1 Å². The standard InChI is InChI=1S/C21H26O2/c1-14-3-5-16-15(13-14)4-6-18-17(16)7-9-20(2)19(18)8-10-21(20)22-11-12-23-21/h3-4,6,19H,5,7-13H2,1-2H3. The summed E-state index contributed by atoms with van der Waals surface area (Å²) in [4.78, 5) is 0. The van der Waals surface area contributed by atoms with E-state index in [-0.39, 0.29) is 11.2 Å². The molecule has 0 amide bonds. The van der Waals surface area contributed by atoms with Crippen LogP contribution >= 0.6 is 0 Å². The molecule has 0 N–H and O–H groups in total. The van der Waals surface area contributed by atoms with Crippen LogP contribution in [0.4, 0.5) is 0 Å². The van der Waals surface area contributed by atoms with Gasteiger partial charge < -0.3 is 9.47 Å². The van der Waals surface area contributed by atoms with Crippen LogP contribution in [-0.2, 0) is 28.7 Å². The van der Waals surface area contributed by atoms with Crippen LogP contribution in [0.5, 0.6) is 0 Å². The van der Waals surface area contributed by atoms with E-state index in [1.165, 1.54) is 24.8 Å². The van der Waals surface area contributed by atoms with Gasteiger partial charge in [-0.25, -0.2) is 0 Å². The lowest BCUT2D eigenvalue weighted by Gasteiger charge is -2.46. The first-order valence-corrected chi connectivity index (χ1v) is 9.20. The fourth-order valence-electron chi connectivity index (χ4n) is 5.83. The first-order chi connectivity index (χ1) is 11.1. The molecular weight excluding hydrogens is 284 g/mol. The highest BCUT2D eigenvalue weighted by molar-refractivity contribution is 5.50. The fourth-order valence-corrected chi connectivity index (χ4v) is 5.83. The number of allylic oxidation sites excluding steroid dienone is 2. The Morgan fingerprint density at radius 2 is 1.91 bits per heavy atom. The van der Waals surface area contributed by atoms with E-state index in [9.17, 15) is 0 Å². The molecule has 2 fully saturated rings. The average Bonchev–Trinajstić information content (AvgIpc) is 3.14. The Hall–Kier alpha value is -1.12. The molecule has 1 aliphatic heterocycles. The van der Waals surface area contributed by atoms with Crippen LogP contribution in [0.25, 0.3) is 0 Å². The van der Waals surface area contributed by atoms with Gasteiger partial charge in [0.05, 0.1) is 13.2 Å². The zero-order valence-electron chi connectivity index (χ0n) is 14.3. The normalized spacial score (nSPS) is 34.0. The van der Waals surface area contributed by atoms with E-state index in [0.717, 1.165) is 32.5 Å². The lowest BCUT2D eigenvalue weighted by Crippen LogP contribution is -2.47. The number of ether oxygens (including phenoxy) is 2. The lowest BCUT2D eigenvalue weighted by atomic mass is 9.63. The molecule has 1 aromatic rings. The van der Waals surface area contributed by atoms with Crippen LogP contribution in [0.3, 0.4) is 0 Å². The summed E-state index contributed by atoms with van der Waals surface area (Å²) in [6.45, 7) is 6.21. The first-order valence-electron chi connectivity index (χ1n) is 9.20. The zero-order chi connectivity index (χ0) is 15.7. The first kappa shape index (κ1) is 14.2. The monoisotopic (exact) mass is 310 g/mol. The Bertz CT molecular complexity index is 696. The van der Waals surface area contributed by atoms with E-state index >= 15 is 0 Å². The third kappa shape index (κ3) is 1.77. The molecule has 2 unspecified atom stereocenters. The molecule has 1 saturated carbocycles. The predicted octanol–water partition coefficient (Wildman–Crippen LogP) is 4.30. The molecule has 122 valence electrons. The predicted molar refractivity (Wildman–Crippen MR) is 90.6 cm³/mol. The van der Waals surface area contributed by atoms with Crippen molar-refractivity contribution in [3.8, 4) is 0 Å². The lowest BCUT2D eigenvalue weighted by molar-refractivity contribution is -0.222. The van der Waals surface area contributed by atoms with Crippen molar-refractivity contribution in [2.75, 3.05) is 13.2 Å². The highest BCUT2D eigenvalue weighted by Gasteiger charge is 2.62. The van der Waals surface area contributed by atoms with Crippen molar-refractivity contribution < 1.29 is 9.47 Å². The molecule has 3 aliphatic carbocycles. The maximum Gasteiger partial charge on any atom is 0.174 e. The number of fused-ring (bicyclic) bond motifs is 6. The van der Waals surface area contributed by atoms with Crippen LogP contribution in [0, 0.1) is 5.41 Å². The van der Waals surface area contributed by atoms with Crippen LogP contribution in [0.2, 0.25) is 0 Å². The van der Waals surface area contributed by atoms with Gasteiger partial charge in [-0.1, -0.05) is 30.7 Å². The second-order valence-electron chi connectivity index (χ2n) is 8.16. The second-order valence-corrected chi connectivity index (χ2v) is 8.16. The van der Waals surface area contributed by atoms with E-state index in [0.29, 0.717) is 5.92 Å². The van der Waals surface area contributed by atoms with Crippen molar-refractivity contribution in [2.24, 2.45) is 5.41 Å². The van der Waals surface area contributed by atoms with Gasteiger partial charge in [0.25, 0.3) is 0 Å². The molecule has 4 aliphatic rings. The van der Waals surface area contributed by atoms with Gasteiger partial charge in [0.1, 0.15) is 0 Å². The van der Waals surface area contributed by atoms with Crippen LogP contribution < -0.4 is 0 Å². The Balaban J connectivity index is 1.60. The summed E-state index contributed by atoms with van der Waals surface area (Å²) >= 11 is 0. The summed E-state index contributed by atoms with van der Waals surface area (Å²) < 4.78 is 12.4. The Kier molecular flexibility index (Phi) is 2.91. The molecule has 0 radical (unpaired) electrons. The summed E-state index contributed by atoms with van der Waals surface area (Å²) in [6, 6.07) is 4.83. The van der Waals surface area contributed by atoms with Gasteiger partial charge in [-0.3, -0.25) is 0 Å². The number of rotatable bonds is 0. The van der Waals surface area contributed by atoms with Crippen molar-refractivity contribution in [3.05, 3.63) is 46.0 Å². The smallest absolute Gasteiger partial charge is 0.174 e. The summed E-state index contributed by atoms with van der Waals surface area (Å²) in [6.07, 6.45) is 9.35. The largest absolute Gasteiger partial charge is 0.347 e. The Morgan fingerprint density at radius 1 is 1.09 bits per heavy atom. The minimum Gasteiger partial charge on any atom is -0.347 e. The number of hydrogen-bond acceptors (Lipinski definition) is 2. The molecule has 2 nitrogen and oxygen atoms in total. The van der Waals surface area contributed by atoms with Gasteiger partial charge in [-0.15, -0.1) is 0 Å². The molecule has 23 heavy (non-hydrogen) atoms. The molecule has 0 bridgehead atoms. The SMILES string of the molecule is CC1=CCc2c(ccc3c2CCC2(C)C3CCC23OCCO3)C1. The molecule has 1 spiro atoms. The van der Waals surface area contributed by atoms with E-state index < -0.39 is 0 Å². The Labute approximate surface area is 138 Å². The van der Waals surface area contributed by atoms with Gasteiger partial charge >= 0.3 is 0 Å². The maximum atomic E-state index is 6.18. The second kappa shape index (κ2) is 4.70. The number of hydrogen-bond donors (Lipinski definition) is 0.